The van der Waals surface area contributed by atoms with E-state index in [9.17, 15) is 19.0 Å². The summed E-state index contributed by atoms with van der Waals surface area (Å²) < 4.78 is 32.7. The van der Waals surface area contributed by atoms with Gasteiger partial charge in [0.1, 0.15) is 6.61 Å². The number of carbonyl (C=O) groups is 2. The van der Waals surface area contributed by atoms with Crippen molar-refractivity contribution in [1.82, 2.24) is 0 Å². The molecule has 0 rings (SSSR count). The first-order valence-corrected chi connectivity index (χ1v) is 23.9. The number of phosphoric acid groups is 1. The van der Waals surface area contributed by atoms with Crippen LogP contribution < -0.4 is 5.73 Å². The molecule has 0 fully saturated rings. The number of esters is 2. The maximum absolute atomic E-state index is 12.6. The molecule has 0 aromatic carbocycles. The Morgan fingerprint density at radius 3 is 1.39 bits per heavy atom. The van der Waals surface area contributed by atoms with Crippen LogP contribution in [0.25, 0.3) is 0 Å². The molecule has 10 heteroatoms. The van der Waals surface area contributed by atoms with Crippen molar-refractivity contribution in [2.24, 2.45) is 5.73 Å². The molecule has 0 aromatic heterocycles. The Hall–Kier alpha value is -3.33. The van der Waals surface area contributed by atoms with Crippen molar-refractivity contribution < 1.29 is 37.6 Å². The number of carbonyl (C=O) groups excluding carboxylic acids is 2. The second-order valence-electron chi connectivity index (χ2n) is 14.2. The fourth-order valence-corrected chi connectivity index (χ4v) is 6.13. The maximum atomic E-state index is 12.6. The second-order valence-corrected chi connectivity index (χ2v) is 15.6. The number of rotatable bonds is 40. The van der Waals surface area contributed by atoms with Gasteiger partial charge in [-0.15, -0.1) is 0 Å². The molecule has 0 aliphatic rings. The molecule has 0 heterocycles. The average molecular weight is 842 g/mol. The fourth-order valence-electron chi connectivity index (χ4n) is 5.37. The topological polar surface area (TPSA) is 134 Å². The highest BCUT2D eigenvalue weighted by Crippen LogP contribution is 2.43. The highest BCUT2D eigenvalue weighted by molar-refractivity contribution is 7.47. The lowest BCUT2D eigenvalue weighted by atomic mass is 10.1. The van der Waals surface area contributed by atoms with Crippen LogP contribution in [0, 0.1) is 0 Å². The van der Waals surface area contributed by atoms with Crippen LogP contribution in [0.4, 0.5) is 0 Å². The van der Waals surface area contributed by atoms with Crippen molar-refractivity contribution in [2.75, 3.05) is 26.4 Å². The fraction of sp³-hybridized carbons (Fsp3) is 0.592. The van der Waals surface area contributed by atoms with E-state index in [2.05, 4.69) is 111 Å². The lowest BCUT2D eigenvalue weighted by Crippen LogP contribution is -2.29. The summed E-state index contributed by atoms with van der Waals surface area (Å²) in [6.45, 7) is 3.46. The zero-order chi connectivity index (χ0) is 43.2. The van der Waals surface area contributed by atoms with Gasteiger partial charge in [-0.25, -0.2) is 4.57 Å². The normalized spacial score (nSPS) is 14.3. The van der Waals surface area contributed by atoms with E-state index >= 15 is 0 Å². The lowest BCUT2D eigenvalue weighted by molar-refractivity contribution is -0.161. The Bertz CT molecular complexity index is 1330. The number of hydrogen-bond donors (Lipinski definition) is 2. The van der Waals surface area contributed by atoms with Crippen molar-refractivity contribution in [3.63, 3.8) is 0 Å². The van der Waals surface area contributed by atoms with E-state index in [4.69, 9.17) is 24.3 Å². The Kier molecular flexibility index (Phi) is 41.7. The van der Waals surface area contributed by atoms with E-state index in [1.807, 2.05) is 12.2 Å². The third kappa shape index (κ3) is 44.1. The van der Waals surface area contributed by atoms with Gasteiger partial charge in [0.15, 0.2) is 6.10 Å². The summed E-state index contributed by atoms with van der Waals surface area (Å²) in [6, 6.07) is 0. The van der Waals surface area contributed by atoms with E-state index in [0.29, 0.717) is 19.3 Å². The van der Waals surface area contributed by atoms with Crippen molar-refractivity contribution in [2.45, 2.75) is 161 Å². The summed E-state index contributed by atoms with van der Waals surface area (Å²) in [6.07, 6.45) is 58.5. The van der Waals surface area contributed by atoms with Crippen LogP contribution in [0.5, 0.6) is 0 Å². The minimum absolute atomic E-state index is 0.0309. The first kappa shape index (κ1) is 55.7. The highest BCUT2D eigenvalue weighted by atomic mass is 31.2. The molecule has 0 spiro atoms. The molecule has 0 saturated heterocycles. The molecule has 334 valence electrons. The summed E-state index contributed by atoms with van der Waals surface area (Å²) in [5.41, 5.74) is 5.34. The standard InChI is InChI=1S/C49H80NO8P/c1-3-5-7-9-11-13-15-17-19-21-22-23-24-26-28-30-32-34-36-38-40-42-49(52)58-47(46-57-59(53,54)56-44-43-50)45-55-48(51)41-39-37-35-33-31-29-27-25-20-18-16-14-12-10-8-6-4-2/h6,8,12,14,18-21,23-24,27-30,33-36,47H,3-5,7,9-11,13,15-17,22,25-26,31-32,37-46,50H2,1-2H3,(H,53,54)/b8-6+,14-12+,20-18+,21-19+,24-23+,29-27+,30-28+,35-33+,36-34+/t47-/m1/s1. The zero-order valence-corrected chi connectivity index (χ0v) is 37.6. The number of hydrogen-bond acceptors (Lipinski definition) is 8. The Labute approximate surface area is 359 Å². The maximum Gasteiger partial charge on any atom is 0.472 e. The molecule has 9 nitrogen and oxygen atoms in total. The van der Waals surface area contributed by atoms with Crippen molar-refractivity contribution in [3.8, 4) is 0 Å². The molecule has 0 aliphatic heterocycles. The third-order valence-electron chi connectivity index (χ3n) is 8.64. The molecule has 0 bridgehead atoms. The van der Waals surface area contributed by atoms with Gasteiger partial charge in [0.2, 0.25) is 0 Å². The minimum atomic E-state index is -4.41. The smallest absolute Gasteiger partial charge is 0.462 e. The largest absolute Gasteiger partial charge is 0.472 e. The first-order chi connectivity index (χ1) is 28.8. The predicted molar refractivity (Wildman–Crippen MR) is 247 cm³/mol. The molecule has 2 atom stereocenters. The van der Waals surface area contributed by atoms with Gasteiger partial charge in [-0.1, -0.05) is 162 Å². The molecule has 59 heavy (non-hydrogen) atoms. The van der Waals surface area contributed by atoms with Crippen LogP contribution in [-0.4, -0.2) is 49.3 Å². The SMILES string of the molecule is CC/C=C/C/C=C/C/C=C/C/C=C/C/C=C/CCCC(=O)OC[C@H](COP(=O)(O)OCCN)OC(=O)CCC/C=C/C/C=C/C/C=C/C/C=C/CCCCCCCCC. The van der Waals surface area contributed by atoms with E-state index in [0.717, 1.165) is 57.8 Å². The number of nitrogens with two attached hydrogens (primary N) is 1. The van der Waals surface area contributed by atoms with Gasteiger partial charge in [-0.05, 0) is 89.9 Å². The quantitative estimate of drug-likeness (QED) is 0.0267. The summed E-state index contributed by atoms with van der Waals surface area (Å²) in [5, 5.41) is 0. The van der Waals surface area contributed by atoms with Crippen molar-refractivity contribution >= 4 is 19.8 Å². The van der Waals surface area contributed by atoms with E-state index < -0.39 is 32.5 Å². The van der Waals surface area contributed by atoms with Gasteiger partial charge in [-0.2, -0.15) is 0 Å². The van der Waals surface area contributed by atoms with E-state index in [1.165, 1.54) is 51.4 Å². The molecule has 0 saturated carbocycles. The average Bonchev–Trinajstić information content (AvgIpc) is 3.22. The molecular formula is C49H80NO8P. The molecular weight excluding hydrogens is 762 g/mol. The molecule has 3 N–H and O–H groups in total. The van der Waals surface area contributed by atoms with Gasteiger partial charge in [-0.3, -0.25) is 18.6 Å². The van der Waals surface area contributed by atoms with Crippen LogP contribution in [0.3, 0.4) is 0 Å². The second kappa shape index (κ2) is 44.2. The molecule has 0 amide bonds. The van der Waals surface area contributed by atoms with Gasteiger partial charge < -0.3 is 20.1 Å². The summed E-state index contributed by atoms with van der Waals surface area (Å²) in [4.78, 5) is 34.9. The van der Waals surface area contributed by atoms with Crippen LogP contribution in [0.2, 0.25) is 0 Å². The summed E-state index contributed by atoms with van der Waals surface area (Å²) in [7, 11) is -4.41. The van der Waals surface area contributed by atoms with Crippen LogP contribution in [0.1, 0.15) is 155 Å². The van der Waals surface area contributed by atoms with Gasteiger partial charge >= 0.3 is 19.8 Å². The number of allylic oxidation sites excluding steroid dienone is 18. The summed E-state index contributed by atoms with van der Waals surface area (Å²) >= 11 is 0. The molecule has 1 unspecified atom stereocenters. The number of phosphoric ester groups is 1. The Morgan fingerprint density at radius 1 is 0.525 bits per heavy atom. The molecule has 0 radical (unpaired) electrons. The number of unbranched alkanes of at least 4 members (excludes halogenated alkanes) is 9. The molecule has 0 aromatic rings. The monoisotopic (exact) mass is 842 g/mol. The van der Waals surface area contributed by atoms with E-state index in [1.54, 1.807) is 0 Å². The lowest BCUT2D eigenvalue weighted by Gasteiger charge is -2.19. The van der Waals surface area contributed by atoms with Crippen LogP contribution in [-0.2, 0) is 32.7 Å². The minimum Gasteiger partial charge on any atom is -0.462 e. The first-order valence-electron chi connectivity index (χ1n) is 22.4. The number of ether oxygens (including phenoxy) is 2. The highest BCUT2D eigenvalue weighted by Gasteiger charge is 2.25. The predicted octanol–water partition coefficient (Wildman–Crippen LogP) is 13.2. The molecule has 0 aliphatic carbocycles. The van der Waals surface area contributed by atoms with Crippen molar-refractivity contribution in [3.05, 3.63) is 109 Å². The van der Waals surface area contributed by atoms with Crippen molar-refractivity contribution in [1.29, 1.82) is 0 Å². The Morgan fingerprint density at radius 2 is 0.932 bits per heavy atom. The van der Waals surface area contributed by atoms with Crippen LogP contribution in [0.15, 0.2) is 109 Å². The van der Waals surface area contributed by atoms with Gasteiger partial charge in [0.25, 0.3) is 0 Å². The zero-order valence-electron chi connectivity index (χ0n) is 36.7. The Balaban J connectivity index is 4.35. The van der Waals surface area contributed by atoms with Gasteiger partial charge in [0.05, 0.1) is 13.2 Å². The third-order valence-corrected chi connectivity index (χ3v) is 9.63. The van der Waals surface area contributed by atoms with E-state index in [-0.39, 0.29) is 32.6 Å². The summed E-state index contributed by atoms with van der Waals surface area (Å²) in [5.74, 6) is -0.974. The van der Waals surface area contributed by atoms with Gasteiger partial charge in [0, 0.05) is 19.4 Å². The van der Waals surface area contributed by atoms with Crippen LogP contribution >= 0.6 is 7.82 Å².